The molecular weight excluding hydrogens is 98.1 g/mol. The molecule has 8 heavy (non-hydrogen) atoms. The van der Waals surface area contributed by atoms with Gasteiger partial charge in [-0.1, -0.05) is 6.92 Å². The monoisotopic (exact) mass is 111 g/mol. The third kappa shape index (κ3) is 0.334. The molecule has 1 saturated carbocycles. The minimum absolute atomic E-state index is 0.722. The van der Waals surface area contributed by atoms with Crippen molar-refractivity contribution >= 4 is 0 Å². The molecule has 0 radical (unpaired) electrons. The average Bonchev–Trinajstić information content (AvgIpc) is 2.40. The van der Waals surface area contributed by atoms with Gasteiger partial charge in [0.05, 0.1) is 0 Å². The van der Waals surface area contributed by atoms with Crippen LogP contribution < -0.4 is 0 Å². The van der Waals surface area contributed by atoms with Gasteiger partial charge in [-0.25, -0.2) is 0 Å². The summed E-state index contributed by atoms with van der Waals surface area (Å²) in [5, 5.41) is 0. The molecule has 2 aliphatic rings. The van der Waals surface area contributed by atoms with Crippen LogP contribution in [0, 0.1) is 5.92 Å². The molecule has 0 aromatic rings. The molecule has 1 aliphatic heterocycles. The number of likely N-dealkylation sites (tertiary alicyclic amines) is 1. The van der Waals surface area contributed by atoms with Crippen molar-refractivity contribution in [1.29, 1.82) is 0 Å². The first-order chi connectivity index (χ1) is 3.76. The molecule has 1 aliphatic carbocycles. The van der Waals surface area contributed by atoms with Crippen LogP contribution in [0.4, 0.5) is 0 Å². The Morgan fingerprint density at radius 2 is 2.25 bits per heavy atom. The summed E-state index contributed by atoms with van der Waals surface area (Å²) in [5.41, 5.74) is 0.722. The highest BCUT2D eigenvalue weighted by Crippen LogP contribution is 2.55. The highest BCUT2D eigenvalue weighted by Gasteiger charge is 2.58. The summed E-state index contributed by atoms with van der Waals surface area (Å²) in [7, 11) is 2.24. The Hall–Kier alpha value is -0.0400. The normalized spacial score (nSPS) is 54.0. The molecule has 0 amide bonds. The molecular formula is C7H13N. The van der Waals surface area contributed by atoms with Gasteiger partial charge in [0.1, 0.15) is 0 Å². The lowest BCUT2D eigenvalue weighted by molar-refractivity contribution is 0.0911. The number of hydrogen-bond donors (Lipinski definition) is 0. The van der Waals surface area contributed by atoms with Crippen molar-refractivity contribution in [3.05, 3.63) is 0 Å². The summed E-state index contributed by atoms with van der Waals surface area (Å²) in [4.78, 5) is 2.50. The van der Waals surface area contributed by atoms with E-state index in [4.69, 9.17) is 0 Å². The summed E-state index contributed by atoms with van der Waals surface area (Å²) in [6.45, 7) is 3.69. The van der Waals surface area contributed by atoms with Crippen LogP contribution in [0.25, 0.3) is 0 Å². The predicted molar refractivity (Wildman–Crippen MR) is 33.8 cm³/mol. The van der Waals surface area contributed by atoms with Crippen molar-refractivity contribution in [2.24, 2.45) is 5.92 Å². The van der Waals surface area contributed by atoms with Gasteiger partial charge in [-0.2, -0.15) is 0 Å². The molecule has 0 N–H and O–H groups in total. The Morgan fingerprint density at radius 3 is 2.25 bits per heavy atom. The third-order valence-electron chi connectivity index (χ3n) is 3.06. The molecule has 0 bridgehead atoms. The molecule has 1 nitrogen and oxygen atoms in total. The minimum Gasteiger partial charge on any atom is -0.300 e. The maximum absolute atomic E-state index is 2.50. The molecule has 0 aromatic carbocycles. The van der Waals surface area contributed by atoms with E-state index in [0.717, 1.165) is 11.5 Å². The molecule has 2 rings (SSSR count). The predicted octanol–water partition coefficient (Wildman–Crippen LogP) is 1.10. The van der Waals surface area contributed by atoms with E-state index in [2.05, 4.69) is 18.9 Å². The molecule has 46 valence electrons. The fourth-order valence-corrected chi connectivity index (χ4v) is 1.97. The Bertz CT molecular complexity index is 118. The summed E-state index contributed by atoms with van der Waals surface area (Å²) >= 11 is 0. The van der Waals surface area contributed by atoms with E-state index in [1.54, 1.807) is 0 Å². The van der Waals surface area contributed by atoms with Crippen molar-refractivity contribution < 1.29 is 0 Å². The number of hydrogen-bond acceptors (Lipinski definition) is 1. The van der Waals surface area contributed by atoms with Gasteiger partial charge in [0, 0.05) is 12.1 Å². The first kappa shape index (κ1) is 4.80. The molecule has 1 unspecified atom stereocenters. The zero-order valence-electron chi connectivity index (χ0n) is 5.65. The Balaban J connectivity index is 2.08. The van der Waals surface area contributed by atoms with Crippen molar-refractivity contribution in [3.8, 4) is 0 Å². The molecule has 1 heteroatoms. The highest BCUT2D eigenvalue weighted by molar-refractivity contribution is 5.14. The summed E-state index contributed by atoms with van der Waals surface area (Å²) < 4.78 is 0. The van der Waals surface area contributed by atoms with E-state index in [0.29, 0.717) is 0 Å². The second-order valence-electron chi connectivity index (χ2n) is 3.38. The van der Waals surface area contributed by atoms with Gasteiger partial charge in [-0.3, -0.25) is 0 Å². The van der Waals surface area contributed by atoms with E-state index >= 15 is 0 Å². The lowest BCUT2D eigenvalue weighted by Gasteiger charge is -2.39. The Morgan fingerprint density at radius 1 is 1.62 bits per heavy atom. The van der Waals surface area contributed by atoms with Crippen LogP contribution in [-0.4, -0.2) is 24.0 Å². The minimum atomic E-state index is 0.722. The second kappa shape index (κ2) is 1.10. The fourth-order valence-electron chi connectivity index (χ4n) is 1.97. The van der Waals surface area contributed by atoms with E-state index in [1.807, 2.05) is 0 Å². The lowest BCUT2D eigenvalue weighted by atomic mass is 10.00. The number of rotatable bonds is 0. The SMILES string of the molecule is C[C@@H]1CC12CCN2C. The van der Waals surface area contributed by atoms with Gasteiger partial charge in [0.25, 0.3) is 0 Å². The first-order valence-corrected chi connectivity index (χ1v) is 3.47. The van der Waals surface area contributed by atoms with Crippen LogP contribution >= 0.6 is 0 Å². The zero-order chi connectivity index (χ0) is 5.78. The van der Waals surface area contributed by atoms with Crippen molar-refractivity contribution in [2.75, 3.05) is 13.6 Å². The van der Waals surface area contributed by atoms with Crippen LogP contribution in [0.15, 0.2) is 0 Å². The van der Waals surface area contributed by atoms with E-state index in [1.165, 1.54) is 19.4 Å². The quantitative estimate of drug-likeness (QED) is 0.452. The zero-order valence-corrected chi connectivity index (χ0v) is 5.65. The van der Waals surface area contributed by atoms with Crippen LogP contribution in [-0.2, 0) is 0 Å². The summed E-state index contributed by atoms with van der Waals surface area (Å²) in [6, 6.07) is 0. The Labute approximate surface area is 50.7 Å². The smallest absolute Gasteiger partial charge is 0.0248 e. The van der Waals surface area contributed by atoms with Gasteiger partial charge >= 0.3 is 0 Å². The molecule has 1 saturated heterocycles. The largest absolute Gasteiger partial charge is 0.300 e. The second-order valence-corrected chi connectivity index (χ2v) is 3.38. The maximum Gasteiger partial charge on any atom is 0.0248 e. The summed E-state index contributed by atoms with van der Waals surface area (Å²) in [6.07, 6.45) is 2.92. The van der Waals surface area contributed by atoms with E-state index in [-0.39, 0.29) is 0 Å². The lowest BCUT2D eigenvalue weighted by Crippen LogP contribution is -2.48. The van der Waals surface area contributed by atoms with Gasteiger partial charge in [0.15, 0.2) is 0 Å². The van der Waals surface area contributed by atoms with Gasteiger partial charge in [-0.15, -0.1) is 0 Å². The van der Waals surface area contributed by atoms with Gasteiger partial charge in [0.2, 0.25) is 0 Å². The average molecular weight is 111 g/mol. The standard InChI is InChI=1S/C7H13N/c1-6-5-7(6)3-4-8(7)2/h6H,3-5H2,1-2H3/t6-,7?/m1/s1. The van der Waals surface area contributed by atoms with Crippen LogP contribution in [0.1, 0.15) is 19.8 Å². The molecule has 0 aromatic heterocycles. The maximum atomic E-state index is 2.50. The van der Waals surface area contributed by atoms with Gasteiger partial charge < -0.3 is 4.90 Å². The number of nitrogens with zero attached hydrogens (tertiary/aromatic N) is 1. The summed E-state index contributed by atoms with van der Waals surface area (Å²) in [5.74, 6) is 1.00. The van der Waals surface area contributed by atoms with Crippen LogP contribution in [0.3, 0.4) is 0 Å². The van der Waals surface area contributed by atoms with Crippen molar-refractivity contribution in [1.82, 2.24) is 4.90 Å². The molecule has 1 heterocycles. The van der Waals surface area contributed by atoms with Crippen LogP contribution in [0.2, 0.25) is 0 Å². The van der Waals surface area contributed by atoms with E-state index < -0.39 is 0 Å². The first-order valence-electron chi connectivity index (χ1n) is 3.47. The molecule has 2 atom stereocenters. The molecule has 2 fully saturated rings. The Kier molecular flexibility index (Phi) is 0.663. The topological polar surface area (TPSA) is 3.24 Å². The van der Waals surface area contributed by atoms with E-state index in [9.17, 15) is 0 Å². The van der Waals surface area contributed by atoms with Gasteiger partial charge in [-0.05, 0) is 25.8 Å². The highest BCUT2D eigenvalue weighted by atomic mass is 15.3. The van der Waals surface area contributed by atoms with Crippen LogP contribution in [0.5, 0.6) is 0 Å². The molecule has 1 spiro atoms. The third-order valence-corrected chi connectivity index (χ3v) is 3.06. The van der Waals surface area contributed by atoms with Crippen molar-refractivity contribution in [3.63, 3.8) is 0 Å². The fraction of sp³-hybridized carbons (Fsp3) is 1.00. The van der Waals surface area contributed by atoms with Crippen molar-refractivity contribution in [2.45, 2.75) is 25.3 Å².